The van der Waals surface area contributed by atoms with Gasteiger partial charge in [-0.3, -0.25) is 0 Å². The van der Waals surface area contributed by atoms with Crippen LogP contribution in [0.4, 0.5) is 0 Å². The maximum atomic E-state index is 10.3. The first kappa shape index (κ1) is 13.0. The van der Waals surface area contributed by atoms with Crippen molar-refractivity contribution in [2.75, 3.05) is 6.54 Å². The zero-order chi connectivity index (χ0) is 13.0. The van der Waals surface area contributed by atoms with E-state index in [0.29, 0.717) is 18.4 Å². The molecule has 1 atom stereocenters. The Hall–Kier alpha value is -1.40. The first-order chi connectivity index (χ1) is 8.72. The zero-order valence-corrected chi connectivity index (χ0v) is 11.3. The lowest BCUT2D eigenvalue weighted by Crippen LogP contribution is -2.12. The summed E-state index contributed by atoms with van der Waals surface area (Å²) in [6.07, 6.45) is 6.69. The fourth-order valence-electron chi connectivity index (χ4n) is 2.82. The molecule has 1 unspecified atom stereocenters. The lowest BCUT2D eigenvalue weighted by atomic mass is 9.84. The second-order valence-electron chi connectivity index (χ2n) is 5.52. The third-order valence-electron chi connectivity index (χ3n) is 3.96. The van der Waals surface area contributed by atoms with Gasteiger partial charge in [0.2, 0.25) is 6.08 Å². The van der Waals surface area contributed by atoms with Crippen molar-refractivity contribution in [1.82, 2.24) is 0 Å². The fraction of sp³-hybridized carbons (Fsp3) is 0.562. The number of rotatable bonds is 4. The van der Waals surface area contributed by atoms with Gasteiger partial charge in [0.1, 0.15) is 0 Å². The number of hydrogen-bond acceptors (Lipinski definition) is 2. The summed E-state index contributed by atoms with van der Waals surface area (Å²) in [5, 5.41) is 0. The highest BCUT2D eigenvalue weighted by atomic mass is 16.1. The predicted molar refractivity (Wildman–Crippen MR) is 73.7 cm³/mol. The lowest BCUT2D eigenvalue weighted by Gasteiger charge is -2.22. The van der Waals surface area contributed by atoms with E-state index in [1.807, 2.05) is 0 Å². The first-order valence-electron chi connectivity index (χ1n) is 6.87. The van der Waals surface area contributed by atoms with E-state index < -0.39 is 0 Å². The van der Waals surface area contributed by atoms with Crippen molar-refractivity contribution in [1.29, 1.82) is 0 Å². The van der Waals surface area contributed by atoms with Gasteiger partial charge >= 0.3 is 0 Å². The molecule has 0 bridgehead atoms. The van der Waals surface area contributed by atoms with E-state index in [0.717, 1.165) is 0 Å². The first-order valence-corrected chi connectivity index (χ1v) is 6.87. The van der Waals surface area contributed by atoms with E-state index in [9.17, 15) is 4.79 Å². The van der Waals surface area contributed by atoms with Crippen LogP contribution in [0.25, 0.3) is 0 Å². The molecular weight excluding hydrogens is 222 g/mol. The van der Waals surface area contributed by atoms with Gasteiger partial charge in [-0.15, -0.1) is 0 Å². The minimum Gasteiger partial charge on any atom is -0.211 e. The highest BCUT2D eigenvalue weighted by Crippen LogP contribution is 2.29. The Balaban J connectivity index is 2.27. The summed E-state index contributed by atoms with van der Waals surface area (Å²) < 4.78 is 0. The monoisotopic (exact) mass is 243 g/mol. The van der Waals surface area contributed by atoms with Gasteiger partial charge in [-0.25, -0.2) is 9.79 Å². The van der Waals surface area contributed by atoms with Crippen LogP contribution in [0.5, 0.6) is 0 Å². The van der Waals surface area contributed by atoms with Crippen LogP contribution in [0.15, 0.2) is 23.2 Å². The van der Waals surface area contributed by atoms with Gasteiger partial charge in [0.05, 0.1) is 6.54 Å². The van der Waals surface area contributed by atoms with Crippen molar-refractivity contribution >= 4 is 6.08 Å². The molecule has 0 radical (unpaired) electrons. The molecule has 0 spiro atoms. The highest BCUT2D eigenvalue weighted by Gasteiger charge is 2.18. The Morgan fingerprint density at radius 2 is 1.94 bits per heavy atom. The highest BCUT2D eigenvalue weighted by molar-refractivity contribution is 5.37. The summed E-state index contributed by atoms with van der Waals surface area (Å²) in [6.45, 7) is 4.93. The van der Waals surface area contributed by atoms with E-state index in [2.05, 4.69) is 37.0 Å². The lowest BCUT2D eigenvalue weighted by molar-refractivity contribution is 0.501. The zero-order valence-electron chi connectivity index (χ0n) is 11.3. The number of benzene rings is 1. The average molecular weight is 243 g/mol. The van der Waals surface area contributed by atoms with E-state index in [1.54, 1.807) is 6.08 Å². The third-order valence-corrected chi connectivity index (χ3v) is 3.96. The SMILES string of the molecule is CC(C)C(CN=C=O)c1ccc2c(c1)CCCC2. The Morgan fingerprint density at radius 3 is 2.61 bits per heavy atom. The molecule has 96 valence electrons. The maximum Gasteiger partial charge on any atom is 0.234 e. The summed E-state index contributed by atoms with van der Waals surface area (Å²) in [6, 6.07) is 6.82. The molecule has 0 amide bonds. The molecule has 1 aromatic carbocycles. The molecule has 0 aromatic heterocycles. The van der Waals surface area contributed by atoms with Crippen molar-refractivity contribution in [3.05, 3.63) is 34.9 Å². The average Bonchev–Trinajstić information content (AvgIpc) is 2.38. The van der Waals surface area contributed by atoms with Crippen LogP contribution in [-0.2, 0) is 17.6 Å². The third kappa shape index (κ3) is 2.88. The number of aliphatic imine (C=N–C) groups is 1. The van der Waals surface area contributed by atoms with Crippen LogP contribution in [-0.4, -0.2) is 12.6 Å². The summed E-state index contributed by atoms with van der Waals surface area (Å²) in [5.74, 6) is 0.822. The van der Waals surface area contributed by atoms with Crippen LogP contribution >= 0.6 is 0 Å². The minimum absolute atomic E-state index is 0.332. The molecule has 18 heavy (non-hydrogen) atoms. The molecule has 0 heterocycles. The van der Waals surface area contributed by atoms with Crippen LogP contribution in [0.1, 0.15) is 49.3 Å². The van der Waals surface area contributed by atoms with E-state index in [-0.39, 0.29) is 0 Å². The molecule has 0 N–H and O–H groups in total. The smallest absolute Gasteiger partial charge is 0.211 e. The Kier molecular flexibility index (Phi) is 4.33. The second-order valence-corrected chi connectivity index (χ2v) is 5.52. The van der Waals surface area contributed by atoms with E-state index in [1.165, 1.54) is 42.4 Å². The van der Waals surface area contributed by atoms with Crippen LogP contribution in [0.3, 0.4) is 0 Å². The van der Waals surface area contributed by atoms with Gasteiger partial charge < -0.3 is 0 Å². The predicted octanol–water partition coefficient (Wildman–Crippen LogP) is 3.64. The number of aryl methyl sites for hydroxylation is 2. The molecule has 2 nitrogen and oxygen atoms in total. The van der Waals surface area contributed by atoms with Crippen molar-refractivity contribution in [3.63, 3.8) is 0 Å². The van der Waals surface area contributed by atoms with Crippen molar-refractivity contribution in [3.8, 4) is 0 Å². The van der Waals surface area contributed by atoms with Gasteiger partial charge in [0, 0.05) is 5.92 Å². The van der Waals surface area contributed by atoms with Gasteiger partial charge in [0.15, 0.2) is 0 Å². The van der Waals surface area contributed by atoms with Crippen LogP contribution in [0.2, 0.25) is 0 Å². The van der Waals surface area contributed by atoms with Crippen molar-refractivity contribution in [2.45, 2.75) is 45.4 Å². The van der Waals surface area contributed by atoms with E-state index in [4.69, 9.17) is 0 Å². The Morgan fingerprint density at radius 1 is 1.22 bits per heavy atom. The van der Waals surface area contributed by atoms with Gasteiger partial charge in [-0.05, 0) is 48.3 Å². The molecule has 0 fully saturated rings. The van der Waals surface area contributed by atoms with Gasteiger partial charge in [-0.1, -0.05) is 32.0 Å². The summed E-state index contributed by atoms with van der Waals surface area (Å²) in [7, 11) is 0. The summed E-state index contributed by atoms with van der Waals surface area (Å²) >= 11 is 0. The number of hydrogen-bond donors (Lipinski definition) is 0. The minimum atomic E-state index is 0.332. The second kappa shape index (κ2) is 5.97. The molecule has 0 saturated heterocycles. The molecule has 0 saturated carbocycles. The van der Waals surface area contributed by atoms with Gasteiger partial charge in [-0.2, -0.15) is 0 Å². The number of carbonyl (C=O) groups excluding carboxylic acids is 1. The van der Waals surface area contributed by atoms with Crippen LogP contribution in [0, 0.1) is 5.92 Å². The number of isocyanates is 1. The molecule has 2 rings (SSSR count). The molecule has 0 aliphatic heterocycles. The van der Waals surface area contributed by atoms with Crippen molar-refractivity contribution in [2.24, 2.45) is 10.9 Å². The fourth-order valence-corrected chi connectivity index (χ4v) is 2.82. The normalized spacial score (nSPS) is 15.9. The standard InChI is InChI=1S/C16H21NO/c1-12(2)16(10-17-11-18)15-8-7-13-5-3-4-6-14(13)9-15/h7-9,12,16H,3-6,10H2,1-2H3. The largest absolute Gasteiger partial charge is 0.234 e. The molecular formula is C16H21NO. The molecule has 1 aliphatic rings. The number of nitrogens with zero attached hydrogens (tertiary/aromatic N) is 1. The maximum absolute atomic E-state index is 10.3. The molecule has 1 aliphatic carbocycles. The molecule has 1 aromatic rings. The van der Waals surface area contributed by atoms with Crippen LogP contribution < -0.4 is 0 Å². The topological polar surface area (TPSA) is 29.4 Å². The summed E-state index contributed by atoms with van der Waals surface area (Å²) in [4.78, 5) is 14.1. The quantitative estimate of drug-likeness (QED) is 0.586. The van der Waals surface area contributed by atoms with E-state index >= 15 is 0 Å². The van der Waals surface area contributed by atoms with Crippen molar-refractivity contribution < 1.29 is 4.79 Å². The molecule has 2 heteroatoms. The Labute approximate surface area is 109 Å². The Bertz CT molecular complexity index is 458. The number of fused-ring (bicyclic) bond motifs is 1. The van der Waals surface area contributed by atoms with Gasteiger partial charge in [0.25, 0.3) is 0 Å². The summed E-state index contributed by atoms with van der Waals surface area (Å²) in [5.41, 5.74) is 4.33.